The van der Waals surface area contributed by atoms with Gasteiger partial charge in [0.1, 0.15) is 0 Å². The summed E-state index contributed by atoms with van der Waals surface area (Å²) in [5.41, 5.74) is -0.814. The molecule has 0 radical (unpaired) electrons. The van der Waals surface area contributed by atoms with Gasteiger partial charge in [0.05, 0.1) is 18.8 Å². The summed E-state index contributed by atoms with van der Waals surface area (Å²) in [5, 5.41) is 19.1. The molecule has 96 valence electrons. The molecule has 0 spiro atoms. The highest BCUT2D eigenvalue weighted by Gasteiger charge is 2.17. The molecular weight excluding hydrogens is 208 g/mol. The minimum absolute atomic E-state index is 0.183. The SMILES string of the molecule is COC(=O)CCCCC[C@H](O)CC(C)(C)O. The zero-order valence-electron chi connectivity index (χ0n) is 10.5. The van der Waals surface area contributed by atoms with Gasteiger partial charge in [-0.15, -0.1) is 0 Å². The Kier molecular flexibility index (Phi) is 7.34. The quantitative estimate of drug-likeness (QED) is 0.493. The highest BCUT2D eigenvalue weighted by Crippen LogP contribution is 2.15. The Hall–Kier alpha value is -0.610. The van der Waals surface area contributed by atoms with Crippen LogP contribution in [0.25, 0.3) is 0 Å². The van der Waals surface area contributed by atoms with Crippen LogP contribution >= 0.6 is 0 Å². The van der Waals surface area contributed by atoms with Gasteiger partial charge in [0.25, 0.3) is 0 Å². The highest BCUT2D eigenvalue weighted by molar-refractivity contribution is 5.68. The molecule has 0 fully saturated rings. The van der Waals surface area contributed by atoms with Crippen molar-refractivity contribution in [2.75, 3.05) is 7.11 Å². The van der Waals surface area contributed by atoms with Crippen LogP contribution in [0.2, 0.25) is 0 Å². The predicted octanol–water partition coefficient (Wildman–Crippen LogP) is 1.63. The lowest BCUT2D eigenvalue weighted by atomic mass is 9.97. The van der Waals surface area contributed by atoms with E-state index >= 15 is 0 Å². The molecule has 0 heterocycles. The first-order valence-electron chi connectivity index (χ1n) is 5.82. The van der Waals surface area contributed by atoms with Crippen LogP contribution in [0.1, 0.15) is 52.4 Å². The third-order valence-corrected chi connectivity index (χ3v) is 2.38. The Morgan fingerprint density at radius 2 is 1.94 bits per heavy atom. The molecule has 0 aliphatic heterocycles. The van der Waals surface area contributed by atoms with Gasteiger partial charge in [0, 0.05) is 12.8 Å². The van der Waals surface area contributed by atoms with E-state index in [1.807, 2.05) is 0 Å². The van der Waals surface area contributed by atoms with E-state index in [1.54, 1.807) is 13.8 Å². The summed E-state index contributed by atoms with van der Waals surface area (Å²) in [4.78, 5) is 10.8. The van der Waals surface area contributed by atoms with E-state index in [0.29, 0.717) is 19.3 Å². The second kappa shape index (κ2) is 7.63. The number of hydrogen-bond acceptors (Lipinski definition) is 4. The number of rotatable bonds is 8. The van der Waals surface area contributed by atoms with Gasteiger partial charge in [0.15, 0.2) is 0 Å². The molecule has 0 bridgehead atoms. The van der Waals surface area contributed by atoms with Gasteiger partial charge >= 0.3 is 5.97 Å². The third-order valence-electron chi connectivity index (χ3n) is 2.38. The van der Waals surface area contributed by atoms with Crippen molar-refractivity contribution < 1.29 is 19.7 Å². The summed E-state index contributed by atoms with van der Waals surface area (Å²) < 4.78 is 4.52. The number of carbonyl (C=O) groups is 1. The standard InChI is InChI=1S/C12H24O4/c1-12(2,15)9-10(13)7-5-4-6-8-11(14)16-3/h10,13,15H,4-9H2,1-3H3/t10-/m0/s1. The first-order chi connectivity index (χ1) is 7.35. The molecule has 4 heteroatoms. The largest absolute Gasteiger partial charge is 0.469 e. The van der Waals surface area contributed by atoms with Gasteiger partial charge in [-0.2, -0.15) is 0 Å². The fraction of sp³-hybridized carbons (Fsp3) is 0.917. The minimum Gasteiger partial charge on any atom is -0.469 e. The molecule has 0 aromatic heterocycles. The maximum atomic E-state index is 10.8. The number of ether oxygens (including phenoxy) is 1. The van der Waals surface area contributed by atoms with E-state index in [2.05, 4.69) is 4.74 Å². The van der Waals surface area contributed by atoms with Crippen molar-refractivity contribution in [2.24, 2.45) is 0 Å². The molecule has 0 saturated heterocycles. The number of hydrogen-bond donors (Lipinski definition) is 2. The lowest BCUT2D eigenvalue weighted by Gasteiger charge is -2.21. The van der Waals surface area contributed by atoms with Crippen molar-refractivity contribution in [1.29, 1.82) is 0 Å². The zero-order valence-corrected chi connectivity index (χ0v) is 10.5. The molecule has 0 amide bonds. The number of unbranched alkanes of at least 4 members (excludes halogenated alkanes) is 2. The molecule has 0 aromatic carbocycles. The van der Waals surface area contributed by atoms with E-state index in [-0.39, 0.29) is 5.97 Å². The molecule has 0 aliphatic carbocycles. The van der Waals surface area contributed by atoms with Crippen LogP contribution in [-0.2, 0) is 9.53 Å². The van der Waals surface area contributed by atoms with Gasteiger partial charge < -0.3 is 14.9 Å². The summed E-state index contributed by atoms with van der Waals surface area (Å²) >= 11 is 0. The highest BCUT2D eigenvalue weighted by atomic mass is 16.5. The van der Waals surface area contributed by atoms with Crippen molar-refractivity contribution in [3.8, 4) is 0 Å². The molecule has 4 nitrogen and oxygen atoms in total. The van der Waals surface area contributed by atoms with Crippen molar-refractivity contribution in [2.45, 2.75) is 64.1 Å². The Bertz CT molecular complexity index is 196. The van der Waals surface area contributed by atoms with Crippen molar-refractivity contribution in [1.82, 2.24) is 0 Å². The monoisotopic (exact) mass is 232 g/mol. The topological polar surface area (TPSA) is 66.8 Å². The number of aliphatic hydroxyl groups excluding tert-OH is 1. The normalized spacial score (nSPS) is 13.6. The van der Waals surface area contributed by atoms with Crippen molar-refractivity contribution in [3.05, 3.63) is 0 Å². The van der Waals surface area contributed by atoms with Crippen LogP contribution < -0.4 is 0 Å². The molecule has 2 N–H and O–H groups in total. The van der Waals surface area contributed by atoms with Gasteiger partial charge in [0.2, 0.25) is 0 Å². The van der Waals surface area contributed by atoms with E-state index < -0.39 is 11.7 Å². The average Bonchev–Trinajstić information content (AvgIpc) is 2.14. The maximum absolute atomic E-state index is 10.8. The lowest BCUT2D eigenvalue weighted by molar-refractivity contribution is -0.140. The van der Waals surface area contributed by atoms with E-state index in [9.17, 15) is 15.0 Å². The molecule has 0 saturated carbocycles. The molecule has 0 unspecified atom stereocenters. The summed E-state index contributed by atoms with van der Waals surface area (Å²) in [6.45, 7) is 3.38. The van der Waals surface area contributed by atoms with Crippen LogP contribution in [-0.4, -0.2) is 35.0 Å². The summed E-state index contributed by atoms with van der Waals surface area (Å²) in [6, 6.07) is 0. The molecule has 0 aromatic rings. The lowest BCUT2D eigenvalue weighted by Crippen LogP contribution is -2.26. The molecule has 1 atom stereocenters. The first-order valence-corrected chi connectivity index (χ1v) is 5.82. The van der Waals surface area contributed by atoms with E-state index in [1.165, 1.54) is 7.11 Å². The number of esters is 1. The zero-order chi connectivity index (χ0) is 12.6. The predicted molar refractivity (Wildman–Crippen MR) is 62.0 cm³/mol. The van der Waals surface area contributed by atoms with Gasteiger partial charge in [-0.05, 0) is 26.7 Å². The van der Waals surface area contributed by atoms with Crippen LogP contribution in [0.5, 0.6) is 0 Å². The van der Waals surface area contributed by atoms with Crippen LogP contribution in [0, 0.1) is 0 Å². The maximum Gasteiger partial charge on any atom is 0.305 e. The number of carbonyl (C=O) groups excluding carboxylic acids is 1. The Labute approximate surface area is 97.6 Å². The second-order valence-electron chi connectivity index (χ2n) is 4.85. The van der Waals surface area contributed by atoms with Crippen molar-refractivity contribution in [3.63, 3.8) is 0 Å². The first kappa shape index (κ1) is 15.4. The molecular formula is C12H24O4. The third kappa shape index (κ3) is 9.93. The Balaban J connectivity index is 3.41. The number of methoxy groups -OCH3 is 1. The van der Waals surface area contributed by atoms with Gasteiger partial charge in [-0.3, -0.25) is 4.79 Å². The van der Waals surface area contributed by atoms with Gasteiger partial charge in [-0.25, -0.2) is 0 Å². The van der Waals surface area contributed by atoms with E-state index in [0.717, 1.165) is 19.3 Å². The van der Waals surface area contributed by atoms with Crippen molar-refractivity contribution >= 4 is 5.97 Å². The average molecular weight is 232 g/mol. The molecule has 16 heavy (non-hydrogen) atoms. The Morgan fingerprint density at radius 3 is 2.44 bits per heavy atom. The van der Waals surface area contributed by atoms with E-state index in [4.69, 9.17) is 0 Å². The molecule has 0 rings (SSSR count). The molecule has 0 aliphatic rings. The Morgan fingerprint density at radius 1 is 1.31 bits per heavy atom. The van der Waals surface area contributed by atoms with Crippen LogP contribution in [0.15, 0.2) is 0 Å². The second-order valence-corrected chi connectivity index (χ2v) is 4.85. The fourth-order valence-corrected chi connectivity index (χ4v) is 1.61. The summed E-state index contributed by atoms with van der Waals surface area (Å²) in [5.74, 6) is -0.183. The summed E-state index contributed by atoms with van der Waals surface area (Å²) in [7, 11) is 1.38. The number of aliphatic hydroxyl groups is 2. The van der Waals surface area contributed by atoms with Gasteiger partial charge in [-0.1, -0.05) is 12.8 Å². The van der Waals surface area contributed by atoms with Crippen LogP contribution in [0.3, 0.4) is 0 Å². The fourth-order valence-electron chi connectivity index (χ4n) is 1.61. The summed E-state index contributed by atoms with van der Waals surface area (Å²) in [6.07, 6.45) is 3.61. The minimum atomic E-state index is -0.814. The van der Waals surface area contributed by atoms with Crippen LogP contribution in [0.4, 0.5) is 0 Å². The smallest absolute Gasteiger partial charge is 0.305 e.